The number of hydrogen-bond acceptors (Lipinski definition) is 4. The maximum atomic E-state index is 13.1. The van der Waals surface area contributed by atoms with E-state index in [1.54, 1.807) is 0 Å². The Morgan fingerprint density at radius 3 is 2.54 bits per heavy atom. The molecule has 2 aromatic carbocycles. The third-order valence-corrected chi connectivity index (χ3v) is 6.18. The van der Waals surface area contributed by atoms with Gasteiger partial charge in [-0.25, -0.2) is 9.37 Å². The van der Waals surface area contributed by atoms with Gasteiger partial charge in [0.15, 0.2) is 0 Å². The molecule has 3 atom stereocenters. The molecule has 0 fully saturated rings. The third kappa shape index (κ3) is 7.37. The summed E-state index contributed by atoms with van der Waals surface area (Å²) in [7, 11) is 1.48. The lowest BCUT2D eigenvalue weighted by molar-refractivity contribution is -0.132. The summed E-state index contributed by atoms with van der Waals surface area (Å²) in [5, 5.41) is 3.75. The van der Waals surface area contributed by atoms with Crippen LogP contribution in [0, 0.1) is 5.92 Å². The number of hydrogen-bond donors (Lipinski definition) is 2. The number of benzene rings is 2. The fourth-order valence-corrected chi connectivity index (χ4v) is 4.14. The van der Waals surface area contributed by atoms with Crippen LogP contribution < -0.4 is 11.1 Å². The zero-order chi connectivity index (χ0) is 25.4. The molecule has 1 aromatic heterocycles. The largest absolute Gasteiger partial charge is 0.372 e. The number of carbonyl (C=O) groups is 1. The zero-order valence-electron chi connectivity index (χ0n) is 20.5. The average Bonchev–Trinajstić information content (AvgIpc) is 3.26. The van der Waals surface area contributed by atoms with Crippen molar-refractivity contribution in [2.24, 2.45) is 11.7 Å². The molecule has 1 unspecified atom stereocenters. The van der Waals surface area contributed by atoms with E-state index < -0.39 is 18.8 Å². The summed E-state index contributed by atoms with van der Waals surface area (Å²) in [5.41, 5.74) is 8.48. The summed E-state index contributed by atoms with van der Waals surface area (Å²) in [6, 6.07) is 16.7. The highest BCUT2D eigenvalue weighted by atomic mass is 35.5. The predicted octanol–water partition coefficient (Wildman–Crippen LogP) is 5.16. The number of imidazole rings is 1. The second-order valence-corrected chi connectivity index (χ2v) is 9.49. The molecule has 0 aliphatic heterocycles. The molecule has 1 amide bonds. The highest BCUT2D eigenvalue weighted by Gasteiger charge is 2.28. The van der Waals surface area contributed by atoms with Crippen molar-refractivity contribution in [3.05, 3.63) is 77.2 Å². The first-order valence-corrected chi connectivity index (χ1v) is 12.2. The highest BCUT2D eigenvalue weighted by Crippen LogP contribution is 2.28. The van der Waals surface area contributed by atoms with E-state index in [-0.39, 0.29) is 17.9 Å². The first-order valence-electron chi connectivity index (χ1n) is 11.8. The topological polar surface area (TPSA) is 82.2 Å². The van der Waals surface area contributed by atoms with E-state index in [1.165, 1.54) is 7.11 Å². The Balaban J connectivity index is 1.93. The Morgan fingerprint density at radius 1 is 1.17 bits per heavy atom. The summed E-state index contributed by atoms with van der Waals surface area (Å²) in [6.07, 6.45) is 1.96. The monoisotopic (exact) mass is 500 g/mol. The van der Waals surface area contributed by atoms with Gasteiger partial charge in [0.05, 0.1) is 11.7 Å². The number of methoxy groups -OCH3 is 1. The number of carbonyl (C=O) groups excluding carboxylic acids is 1. The van der Waals surface area contributed by atoms with Gasteiger partial charge in [-0.15, -0.1) is 0 Å². The number of aromatic nitrogens is 2. The summed E-state index contributed by atoms with van der Waals surface area (Å²) < 4.78 is 20.3. The van der Waals surface area contributed by atoms with Gasteiger partial charge in [-0.1, -0.05) is 67.9 Å². The molecule has 188 valence electrons. The minimum absolute atomic E-state index is 0.0497. The van der Waals surface area contributed by atoms with Crippen molar-refractivity contribution in [1.82, 2.24) is 14.9 Å². The van der Waals surface area contributed by atoms with Crippen LogP contribution in [0.4, 0.5) is 4.39 Å². The minimum atomic E-state index is -0.723. The Morgan fingerprint density at radius 2 is 1.91 bits per heavy atom. The van der Waals surface area contributed by atoms with Crippen molar-refractivity contribution in [3.63, 3.8) is 0 Å². The van der Waals surface area contributed by atoms with E-state index in [4.69, 9.17) is 27.1 Å². The van der Waals surface area contributed by atoms with Gasteiger partial charge in [-0.3, -0.25) is 4.79 Å². The quantitative estimate of drug-likeness (QED) is 0.360. The van der Waals surface area contributed by atoms with Gasteiger partial charge in [-0.2, -0.15) is 0 Å². The lowest BCUT2D eigenvalue weighted by Gasteiger charge is -2.25. The minimum Gasteiger partial charge on any atom is -0.372 e. The van der Waals surface area contributed by atoms with Gasteiger partial charge < -0.3 is 20.4 Å². The van der Waals surface area contributed by atoms with Crippen molar-refractivity contribution < 1.29 is 13.9 Å². The number of nitrogens with two attached hydrogens (primary N) is 1. The smallest absolute Gasteiger partial charge is 0.249 e. The maximum Gasteiger partial charge on any atom is 0.249 e. The van der Waals surface area contributed by atoms with Gasteiger partial charge in [0.25, 0.3) is 0 Å². The molecule has 3 rings (SSSR count). The number of rotatable bonds is 12. The van der Waals surface area contributed by atoms with Gasteiger partial charge in [-0.05, 0) is 36.5 Å². The predicted molar refractivity (Wildman–Crippen MR) is 138 cm³/mol. The summed E-state index contributed by atoms with van der Waals surface area (Å²) >= 11 is 6.23. The average molecular weight is 501 g/mol. The first-order chi connectivity index (χ1) is 16.8. The zero-order valence-corrected chi connectivity index (χ0v) is 21.2. The second kappa shape index (κ2) is 12.8. The molecule has 0 spiro atoms. The van der Waals surface area contributed by atoms with Gasteiger partial charge >= 0.3 is 0 Å². The molecule has 3 aromatic rings. The number of nitrogens with zero attached hydrogens (tertiary/aromatic N) is 2. The fraction of sp³-hybridized carbons (Fsp3) is 0.407. The molecule has 8 heteroatoms. The number of nitrogens with one attached hydrogen (secondary N) is 1. The van der Waals surface area contributed by atoms with Crippen molar-refractivity contribution in [2.75, 3.05) is 13.8 Å². The molecule has 1 heterocycles. The van der Waals surface area contributed by atoms with Crippen LogP contribution in [0.1, 0.15) is 44.1 Å². The fourth-order valence-electron chi connectivity index (χ4n) is 3.95. The van der Waals surface area contributed by atoms with Crippen LogP contribution in [-0.2, 0) is 16.1 Å². The Labute approximate surface area is 211 Å². The number of amides is 1. The molecular weight excluding hydrogens is 467 g/mol. The molecule has 0 bridgehead atoms. The van der Waals surface area contributed by atoms with Crippen LogP contribution in [0.5, 0.6) is 0 Å². The molecule has 0 saturated heterocycles. The van der Waals surface area contributed by atoms with Crippen LogP contribution in [0.15, 0.2) is 60.8 Å². The molecule has 3 N–H and O–H groups in total. The van der Waals surface area contributed by atoms with E-state index >= 15 is 0 Å². The third-order valence-electron chi connectivity index (χ3n) is 5.94. The number of alkyl halides is 1. The van der Waals surface area contributed by atoms with E-state index in [0.717, 1.165) is 22.6 Å². The van der Waals surface area contributed by atoms with Crippen molar-refractivity contribution >= 4 is 17.5 Å². The van der Waals surface area contributed by atoms with Gasteiger partial charge in [0, 0.05) is 36.5 Å². The second-order valence-electron chi connectivity index (χ2n) is 9.05. The van der Waals surface area contributed by atoms with Crippen LogP contribution >= 0.6 is 11.6 Å². The molecule has 6 nitrogen and oxygen atoms in total. The molecular formula is C27H34ClFN4O2. The van der Waals surface area contributed by atoms with Crippen molar-refractivity contribution in [3.8, 4) is 11.3 Å². The highest BCUT2D eigenvalue weighted by molar-refractivity contribution is 6.30. The SMILES string of the molecule is COC(CC[C@H](N)CF)C(=O)N[C@@H](c1nc(-c2cccc(Cl)c2)cn1Cc1ccccc1)C(C)C. The Hall–Kier alpha value is -2.74. The van der Waals surface area contributed by atoms with Gasteiger partial charge in [0.2, 0.25) is 5.91 Å². The van der Waals surface area contributed by atoms with Crippen LogP contribution in [-0.4, -0.2) is 41.4 Å². The molecule has 0 aliphatic carbocycles. The molecule has 0 radical (unpaired) electrons. The van der Waals surface area contributed by atoms with Crippen LogP contribution in [0.25, 0.3) is 11.3 Å². The first kappa shape index (κ1) is 26.9. The lowest BCUT2D eigenvalue weighted by atomic mass is 10.0. The summed E-state index contributed by atoms with van der Waals surface area (Å²) in [4.78, 5) is 18.1. The standard InChI is InChI=1S/C27H34ClFN4O2/c1-18(2)25(32-27(34)24(35-3)13-12-22(30)15-29)26-31-23(20-10-7-11-21(28)14-20)17-33(26)16-19-8-5-4-6-9-19/h4-11,14,17-18,22,24-25H,12-13,15-16,30H2,1-3H3,(H,32,34)/t22-,24?,25+/m0/s1. The normalized spacial score (nSPS) is 14.0. The van der Waals surface area contributed by atoms with Crippen molar-refractivity contribution in [2.45, 2.75) is 51.4 Å². The van der Waals surface area contributed by atoms with E-state index in [0.29, 0.717) is 24.4 Å². The number of halogens is 2. The summed E-state index contributed by atoms with van der Waals surface area (Å²) in [5.74, 6) is 0.520. The van der Waals surface area contributed by atoms with E-state index in [9.17, 15) is 9.18 Å². The summed E-state index contributed by atoms with van der Waals surface area (Å²) in [6.45, 7) is 4.04. The van der Waals surface area contributed by atoms with Crippen molar-refractivity contribution in [1.29, 1.82) is 0 Å². The Kier molecular flexibility index (Phi) is 9.83. The van der Waals surface area contributed by atoms with Crippen LogP contribution in [0.2, 0.25) is 5.02 Å². The number of ether oxygens (including phenoxy) is 1. The molecule has 35 heavy (non-hydrogen) atoms. The molecule has 0 aliphatic rings. The lowest BCUT2D eigenvalue weighted by Crippen LogP contribution is -2.41. The van der Waals surface area contributed by atoms with E-state index in [1.807, 2.05) is 62.5 Å². The molecule has 0 saturated carbocycles. The maximum absolute atomic E-state index is 13.1. The van der Waals surface area contributed by atoms with E-state index in [2.05, 4.69) is 22.0 Å². The Bertz CT molecular complexity index is 1090. The van der Waals surface area contributed by atoms with Gasteiger partial charge in [0.1, 0.15) is 18.6 Å². The van der Waals surface area contributed by atoms with Crippen LogP contribution in [0.3, 0.4) is 0 Å².